The Hall–Kier alpha value is -3.40. The van der Waals surface area contributed by atoms with Crippen LogP contribution in [0.15, 0.2) is 47.4 Å². The molecule has 5 rings (SSSR count). The Morgan fingerprint density at radius 2 is 2.06 bits per heavy atom. The number of aliphatic hydroxyl groups is 1. The topological polar surface area (TPSA) is 106 Å². The molecule has 35 heavy (non-hydrogen) atoms. The molecule has 0 saturated carbocycles. The summed E-state index contributed by atoms with van der Waals surface area (Å²) in [6, 6.07) is 9.91. The number of pyridine rings is 1. The average molecular weight is 498 g/mol. The maximum atomic E-state index is 13.5. The highest BCUT2D eigenvalue weighted by Gasteiger charge is 2.19. The highest BCUT2D eigenvalue weighted by atomic mass is 35.5. The van der Waals surface area contributed by atoms with Crippen LogP contribution in [0, 0.1) is 12.7 Å². The van der Waals surface area contributed by atoms with Gasteiger partial charge in [0.1, 0.15) is 17.2 Å². The highest BCUT2D eigenvalue weighted by Crippen LogP contribution is 2.30. The number of ether oxygens (including phenoxy) is 1. The van der Waals surface area contributed by atoms with Crippen LogP contribution in [0.4, 0.5) is 15.8 Å². The van der Waals surface area contributed by atoms with Crippen LogP contribution in [0.2, 0.25) is 5.02 Å². The van der Waals surface area contributed by atoms with Crippen LogP contribution >= 0.6 is 11.6 Å². The molecule has 0 radical (unpaired) electrons. The standard InChI is InChI=1S/C25H25ClFN5O3/c1-14-10-16(32-6-8-35-9-7-32)12-20-23(14)31-24(30-20)22-19(4-5-28-25(22)34)29-13-21(33)15-2-3-18(27)17(26)11-15/h2-5,10-12,21,33H,6-9,13H2,1H3,(H,30,31)(H2,28,29,34). The van der Waals surface area contributed by atoms with E-state index in [1.807, 2.05) is 13.0 Å². The summed E-state index contributed by atoms with van der Waals surface area (Å²) in [5.41, 5.74) is 4.67. The molecule has 1 aliphatic heterocycles. The normalized spacial score (nSPS) is 14.9. The Kier molecular flexibility index (Phi) is 6.46. The lowest BCUT2D eigenvalue weighted by molar-refractivity contribution is 0.122. The third kappa shape index (κ3) is 4.75. The van der Waals surface area contributed by atoms with E-state index in [4.69, 9.17) is 21.3 Å². The lowest BCUT2D eigenvalue weighted by atomic mass is 10.1. The number of nitrogens with zero attached hydrogens (tertiary/aromatic N) is 2. The van der Waals surface area contributed by atoms with Gasteiger partial charge in [-0.1, -0.05) is 17.7 Å². The maximum absolute atomic E-state index is 13.5. The van der Waals surface area contributed by atoms with Gasteiger partial charge in [-0.25, -0.2) is 9.37 Å². The van der Waals surface area contributed by atoms with Gasteiger partial charge in [0.25, 0.3) is 5.56 Å². The van der Waals surface area contributed by atoms with E-state index in [9.17, 15) is 14.3 Å². The largest absolute Gasteiger partial charge is 0.387 e. The van der Waals surface area contributed by atoms with Crippen molar-refractivity contribution in [1.29, 1.82) is 0 Å². The number of halogens is 2. The number of nitrogens with one attached hydrogen (secondary N) is 3. The van der Waals surface area contributed by atoms with E-state index in [0.29, 0.717) is 35.9 Å². The molecule has 10 heteroatoms. The first-order valence-corrected chi connectivity index (χ1v) is 11.7. The van der Waals surface area contributed by atoms with Crippen LogP contribution in [0.5, 0.6) is 0 Å². The van der Waals surface area contributed by atoms with Gasteiger partial charge >= 0.3 is 0 Å². The molecule has 2 aromatic carbocycles. The van der Waals surface area contributed by atoms with Gasteiger partial charge in [0.2, 0.25) is 0 Å². The molecule has 0 spiro atoms. The van der Waals surface area contributed by atoms with Crippen molar-refractivity contribution in [3.63, 3.8) is 0 Å². The van der Waals surface area contributed by atoms with E-state index in [0.717, 1.165) is 35.4 Å². The minimum Gasteiger partial charge on any atom is -0.387 e. The number of morpholine rings is 1. The Bertz CT molecular complexity index is 1430. The van der Waals surface area contributed by atoms with Crippen molar-refractivity contribution in [3.05, 3.63) is 74.9 Å². The molecule has 1 aliphatic rings. The zero-order valence-electron chi connectivity index (χ0n) is 19.1. The van der Waals surface area contributed by atoms with E-state index in [-0.39, 0.29) is 17.1 Å². The molecule has 1 saturated heterocycles. The van der Waals surface area contributed by atoms with Crippen molar-refractivity contribution < 1.29 is 14.2 Å². The second kappa shape index (κ2) is 9.69. The summed E-state index contributed by atoms with van der Waals surface area (Å²) in [4.78, 5) is 25.8. The molecule has 1 unspecified atom stereocenters. The number of aliphatic hydroxyl groups excluding tert-OH is 1. The second-order valence-corrected chi connectivity index (χ2v) is 8.92. The summed E-state index contributed by atoms with van der Waals surface area (Å²) in [5, 5.41) is 13.6. The van der Waals surface area contributed by atoms with Gasteiger partial charge in [-0.15, -0.1) is 0 Å². The Balaban J connectivity index is 1.44. The maximum Gasteiger partial charge on any atom is 0.261 e. The van der Waals surface area contributed by atoms with Gasteiger partial charge in [-0.05, 0) is 48.4 Å². The van der Waals surface area contributed by atoms with Crippen LogP contribution in [-0.2, 0) is 4.74 Å². The Morgan fingerprint density at radius 1 is 1.26 bits per heavy atom. The first kappa shape index (κ1) is 23.3. The number of aromatic amines is 2. The number of H-pyrrole nitrogens is 2. The third-order valence-electron chi connectivity index (χ3n) is 6.15. The highest BCUT2D eigenvalue weighted by molar-refractivity contribution is 6.30. The number of benzene rings is 2. The van der Waals surface area contributed by atoms with Gasteiger partial charge in [-0.3, -0.25) is 4.79 Å². The average Bonchev–Trinajstić information content (AvgIpc) is 3.29. The summed E-state index contributed by atoms with van der Waals surface area (Å²) < 4.78 is 18.9. The number of rotatable bonds is 6. The molecular weight excluding hydrogens is 473 g/mol. The molecule has 1 fully saturated rings. The predicted octanol–water partition coefficient (Wildman–Crippen LogP) is 4.00. The van der Waals surface area contributed by atoms with E-state index < -0.39 is 11.9 Å². The minimum atomic E-state index is -0.964. The van der Waals surface area contributed by atoms with E-state index in [1.165, 1.54) is 24.4 Å². The number of hydrogen-bond acceptors (Lipinski definition) is 6. The van der Waals surface area contributed by atoms with Crippen molar-refractivity contribution in [2.75, 3.05) is 43.1 Å². The van der Waals surface area contributed by atoms with Gasteiger partial charge in [-0.2, -0.15) is 0 Å². The Morgan fingerprint density at radius 3 is 2.83 bits per heavy atom. The fourth-order valence-corrected chi connectivity index (χ4v) is 4.49. The van der Waals surface area contributed by atoms with Crippen molar-refractivity contribution in [2.45, 2.75) is 13.0 Å². The van der Waals surface area contributed by atoms with E-state index in [1.54, 1.807) is 6.07 Å². The summed E-state index contributed by atoms with van der Waals surface area (Å²) in [5.74, 6) is -0.129. The summed E-state index contributed by atoms with van der Waals surface area (Å²) >= 11 is 5.84. The van der Waals surface area contributed by atoms with Gasteiger partial charge in [0.15, 0.2) is 0 Å². The molecule has 8 nitrogen and oxygen atoms in total. The SMILES string of the molecule is Cc1cc(N2CCOCC2)cc2[nH]c(-c3c(NCC(O)c4ccc(F)c(Cl)c4)cc[nH]c3=O)nc12. The number of aromatic nitrogens is 3. The first-order chi connectivity index (χ1) is 16.9. The van der Waals surface area contributed by atoms with Crippen molar-refractivity contribution >= 4 is 34.0 Å². The molecule has 1 atom stereocenters. The number of hydrogen-bond donors (Lipinski definition) is 4. The molecule has 0 aliphatic carbocycles. The molecule has 3 heterocycles. The van der Waals surface area contributed by atoms with Gasteiger partial charge < -0.3 is 30.0 Å². The van der Waals surface area contributed by atoms with Crippen molar-refractivity contribution in [1.82, 2.24) is 15.0 Å². The Labute approximate surface area is 205 Å². The van der Waals surface area contributed by atoms with Crippen LogP contribution in [0.1, 0.15) is 17.2 Å². The molecule has 4 aromatic rings. The molecule has 2 aromatic heterocycles. The first-order valence-electron chi connectivity index (χ1n) is 11.3. The zero-order chi connectivity index (χ0) is 24.5. The smallest absolute Gasteiger partial charge is 0.261 e. The molecule has 4 N–H and O–H groups in total. The quantitative estimate of drug-likeness (QED) is 0.321. The van der Waals surface area contributed by atoms with Crippen LogP contribution in [0.3, 0.4) is 0 Å². The molecule has 0 amide bonds. The monoisotopic (exact) mass is 497 g/mol. The summed E-state index contributed by atoms with van der Waals surface area (Å²) in [6.45, 7) is 5.10. The van der Waals surface area contributed by atoms with E-state index in [2.05, 4.69) is 26.3 Å². The van der Waals surface area contributed by atoms with Crippen molar-refractivity contribution in [3.8, 4) is 11.4 Å². The minimum absolute atomic E-state index is 0.0625. The van der Waals surface area contributed by atoms with Crippen LogP contribution < -0.4 is 15.8 Å². The number of imidazole rings is 1. The van der Waals surface area contributed by atoms with Gasteiger partial charge in [0, 0.05) is 31.5 Å². The summed E-state index contributed by atoms with van der Waals surface area (Å²) in [6.07, 6.45) is 0.564. The fraction of sp³-hybridized carbons (Fsp3) is 0.280. The third-order valence-corrected chi connectivity index (χ3v) is 6.44. The second-order valence-electron chi connectivity index (χ2n) is 8.51. The molecule has 182 valence electrons. The number of anilines is 2. The molecule has 0 bridgehead atoms. The zero-order valence-corrected chi connectivity index (χ0v) is 19.8. The number of aryl methyl sites for hydroxylation is 1. The fourth-order valence-electron chi connectivity index (χ4n) is 4.30. The predicted molar refractivity (Wildman–Crippen MR) is 135 cm³/mol. The summed E-state index contributed by atoms with van der Waals surface area (Å²) in [7, 11) is 0. The van der Waals surface area contributed by atoms with Crippen molar-refractivity contribution in [2.24, 2.45) is 0 Å². The lowest BCUT2D eigenvalue weighted by Crippen LogP contribution is -2.36. The van der Waals surface area contributed by atoms with Crippen LogP contribution in [0.25, 0.3) is 22.4 Å². The lowest BCUT2D eigenvalue weighted by Gasteiger charge is -2.29. The van der Waals surface area contributed by atoms with E-state index >= 15 is 0 Å². The van der Waals surface area contributed by atoms with Gasteiger partial charge in [0.05, 0.1) is 41.1 Å². The van der Waals surface area contributed by atoms with Crippen LogP contribution in [-0.4, -0.2) is 52.9 Å². The number of fused-ring (bicyclic) bond motifs is 1. The molecular formula is C25H25ClFN5O3.